The molecule has 5 nitrogen and oxygen atoms in total. The van der Waals surface area contributed by atoms with Crippen molar-refractivity contribution in [3.05, 3.63) is 40.3 Å². The van der Waals surface area contributed by atoms with Gasteiger partial charge in [0.15, 0.2) is 11.0 Å². The standard InChI is InChI=1S/C12H12Cl2N4O/c1-19-9-4-2-8(3-5-9)6-7-15-11-10(13)17-18-12(14)16-11/h2-5H,6-7H2,1H3,(H,15,16,18). The van der Waals surface area contributed by atoms with Gasteiger partial charge in [0.25, 0.3) is 0 Å². The first-order valence-electron chi connectivity index (χ1n) is 5.61. The molecule has 0 aliphatic rings. The third-order valence-electron chi connectivity index (χ3n) is 2.48. The summed E-state index contributed by atoms with van der Waals surface area (Å²) >= 11 is 11.5. The Morgan fingerprint density at radius 2 is 1.89 bits per heavy atom. The predicted octanol–water partition coefficient (Wildman–Crippen LogP) is 2.84. The molecule has 1 aromatic carbocycles. The van der Waals surface area contributed by atoms with Crippen LogP contribution in [0.15, 0.2) is 24.3 Å². The van der Waals surface area contributed by atoms with Crippen LogP contribution in [0.2, 0.25) is 10.4 Å². The Morgan fingerprint density at radius 3 is 2.58 bits per heavy atom. The number of rotatable bonds is 5. The van der Waals surface area contributed by atoms with Crippen LogP contribution in [-0.4, -0.2) is 28.8 Å². The van der Waals surface area contributed by atoms with Crippen LogP contribution < -0.4 is 10.1 Å². The lowest BCUT2D eigenvalue weighted by Crippen LogP contribution is -2.08. The van der Waals surface area contributed by atoms with Crippen LogP contribution in [0.1, 0.15) is 5.56 Å². The van der Waals surface area contributed by atoms with Crippen LogP contribution in [0.25, 0.3) is 0 Å². The summed E-state index contributed by atoms with van der Waals surface area (Å²) in [5, 5.41) is 10.6. The van der Waals surface area contributed by atoms with Crippen LogP contribution in [0.5, 0.6) is 5.75 Å². The summed E-state index contributed by atoms with van der Waals surface area (Å²) in [5.74, 6) is 1.28. The second-order valence-corrected chi connectivity index (χ2v) is 4.44. The van der Waals surface area contributed by atoms with Crippen LogP contribution >= 0.6 is 23.2 Å². The van der Waals surface area contributed by atoms with Crippen molar-refractivity contribution in [2.24, 2.45) is 0 Å². The molecule has 0 saturated heterocycles. The van der Waals surface area contributed by atoms with Gasteiger partial charge in [0.05, 0.1) is 7.11 Å². The molecule has 7 heteroatoms. The minimum absolute atomic E-state index is 0.0661. The molecule has 0 spiro atoms. The molecular weight excluding hydrogens is 287 g/mol. The lowest BCUT2D eigenvalue weighted by atomic mass is 10.1. The zero-order valence-corrected chi connectivity index (χ0v) is 11.7. The van der Waals surface area contributed by atoms with Gasteiger partial charge >= 0.3 is 0 Å². The zero-order chi connectivity index (χ0) is 13.7. The maximum atomic E-state index is 5.84. The highest BCUT2D eigenvalue weighted by molar-refractivity contribution is 6.32. The Morgan fingerprint density at radius 1 is 1.16 bits per heavy atom. The average molecular weight is 299 g/mol. The number of aromatic nitrogens is 3. The van der Waals surface area contributed by atoms with Gasteiger partial charge in [-0.05, 0) is 35.7 Å². The van der Waals surface area contributed by atoms with Gasteiger partial charge in [-0.1, -0.05) is 23.7 Å². The van der Waals surface area contributed by atoms with Crippen molar-refractivity contribution in [2.45, 2.75) is 6.42 Å². The summed E-state index contributed by atoms with van der Waals surface area (Å²) in [4.78, 5) is 3.96. The molecule has 1 heterocycles. The van der Waals surface area contributed by atoms with Gasteiger partial charge in [-0.2, -0.15) is 4.98 Å². The Balaban J connectivity index is 1.90. The number of methoxy groups -OCH3 is 1. The first-order chi connectivity index (χ1) is 9.19. The minimum atomic E-state index is 0.0661. The second kappa shape index (κ2) is 6.54. The summed E-state index contributed by atoms with van der Waals surface area (Å²) in [7, 11) is 1.64. The monoisotopic (exact) mass is 298 g/mol. The van der Waals surface area contributed by atoms with E-state index in [4.69, 9.17) is 27.9 Å². The van der Waals surface area contributed by atoms with E-state index in [-0.39, 0.29) is 10.4 Å². The Bertz CT molecular complexity index is 548. The molecule has 0 radical (unpaired) electrons. The van der Waals surface area contributed by atoms with Gasteiger partial charge in [-0.25, -0.2) is 0 Å². The number of ether oxygens (including phenoxy) is 1. The fraction of sp³-hybridized carbons (Fsp3) is 0.250. The number of hydrogen-bond acceptors (Lipinski definition) is 5. The summed E-state index contributed by atoms with van der Waals surface area (Å²) in [5.41, 5.74) is 1.18. The molecule has 19 heavy (non-hydrogen) atoms. The van der Waals surface area contributed by atoms with Crippen LogP contribution in [-0.2, 0) is 6.42 Å². The number of anilines is 1. The van der Waals surface area contributed by atoms with Gasteiger partial charge in [0, 0.05) is 6.54 Å². The first kappa shape index (κ1) is 13.8. The van der Waals surface area contributed by atoms with Crippen molar-refractivity contribution in [3.8, 4) is 5.75 Å². The van der Waals surface area contributed by atoms with E-state index in [0.29, 0.717) is 12.4 Å². The first-order valence-corrected chi connectivity index (χ1v) is 6.37. The van der Waals surface area contributed by atoms with Gasteiger partial charge in [0.2, 0.25) is 5.28 Å². The van der Waals surface area contributed by atoms with Crippen molar-refractivity contribution in [2.75, 3.05) is 19.0 Å². The molecule has 0 fully saturated rings. The van der Waals surface area contributed by atoms with Gasteiger partial charge < -0.3 is 10.1 Å². The average Bonchev–Trinajstić information content (AvgIpc) is 2.43. The smallest absolute Gasteiger partial charge is 0.245 e. The van der Waals surface area contributed by atoms with E-state index in [9.17, 15) is 0 Å². The molecule has 100 valence electrons. The van der Waals surface area contributed by atoms with E-state index in [1.165, 1.54) is 5.56 Å². The highest BCUT2D eigenvalue weighted by Crippen LogP contribution is 2.17. The summed E-state index contributed by atoms with van der Waals surface area (Å²) < 4.78 is 5.10. The molecule has 0 atom stereocenters. The van der Waals surface area contributed by atoms with Crippen molar-refractivity contribution < 1.29 is 4.74 Å². The lowest BCUT2D eigenvalue weighted by Gasteiger charge is -2.07. The number of hydrogen-bond donors (Lipinski definition) is 1. The number of halogens is 2. The Hall–Kier alpha value is -1.59. The summed E-state index contributed by atoms with van der Waals surface area (Å²) in [6, 6.07) is 7.86. The highest BCUT2D eigenvalue weighted by atomic mass is 35.5. The van der Waals surface area contributed by atoms with E-state index in [1.54, 1.807) is 7.11 Å². The van der Waals surface area contributed by atoms with Gasteiger partial charge in [-0.15, -0.1) is 10.2 Å². The SMILES string of the molecule is COc1ccc(CCNc2nc(Cl)nnc2Cl)cc1. The third kappa shape index (κ3) is 3.94. The van der Waals surface area contributed by atoms with Crippen LogP contribution in [0.3, 0.4) is 0 Å². The number of nitrogens with zero attached hydrogens (tertiary/aromatic N) is 3. The minimum Gasteiger partial charge on any atom is -0.497 e. The van der Waals surface area contributed by atoms with Crippen LogP contribution in [0, 0.1) is 0 Å². The highest BCUT2D eigenvalue weighted by Gasteiger charge is 2.05. The molecule has 0 aliphatic heterocycles. The van der Waals surface area contributed by atoms with E-state index in [1.807, 2.05) is 24.3 Å². The fourth-order valence-electron chi connectivity index (χ4n) is 1.52. The molecule has 0 saturated carbocycles. The van der Waals surface area contributed by atoms with E-state index in [2.05, 4.69) is 20.5 Å². The van der Waals surface area contributed by atoms with E-state index < -0.39 is 0 Å². The maximum Gasteiger partial charge on any atom is 0.245 e. The molecule has 0 aliphatic carbocycles. The number of nitrogens with one attached hydrogen (secondary N) is 1. The molecule has 0 bridgehead atoms. The molecule has 1 N–H and O–H groups in total. The third-order valence-corrected chi connectivity index (χ3v) is 2.90. The van der Waals surface area contributed by atoms with E-state index >= 15 is 0 Å². The largest absolute Gasteiger partial charge is 0.497 e. The molecule has 0 unspecified atom stereocenters. The number of benzene rings is 1. The van der Waals surface area contributed by atoms with Crippen molar-refractivity contribution in [1.29, 1.82) is 0 Å². The van der Waals surface area contributed by atoms with E-state index in [0.717, 1.165) is 12.2 Å². The fourth-order valence-corrected chi connectivity index (χ4v) is 1.79. The molecule has 2 rings (SSSR count). The van der Waals surface area contributed by atoms with Gasteiger partial charge in [0.1, 0.15) is 5.75 Å². The summed E-state index contributed by atoms with van der Waals surface area (Å²) in [6.07, 6.45) is 0.821. The molecule has 1 aromatic heterocycles. The Labute approximate surface area is 120 Å². The van der Waals surface area contributed by atoms with Crippen molar-refractivity contribution >= 4 is 29.0 Å². The van der Waals surface area contributed by atoms with Crippen molar-refractivity contribution in [1.82, 2.24) is 15.2 Å². The quantitative estimate of drug-likeness (QED) is 0.920. The molecule has 0 amide bonds. The second-order valence-electron chi connectivity index (χ2n) is 3.75. The normalized spacial score (nSPS) is 10.3. The van der Waals surface area contributed by atoms with Gasteiger partial charge in [-0.3, -0.25) is 0 Å². The predicted molar refractivity (Wildman–Crippen MR) is 75.0 cm³/mol. The summed E-state index contributed by atoms with van der Waals surface area (Å²) in [6.45, 7) is 0.668. The Kier molecular flexibility index (Phi) is 4.76. The molecule has 2 aromatic rings. The van der Waals surface area contributed by atoms with Crippen LogP contribution in [0.4, 0.5) is 5.82 Å². The zero-order valence-electron chi connectivity index (χ0n) is 10.2. The van der Waals surface area contributed by atoms with Crippen molar-refractivity contribution in [3.63, 3.8) is 0 Å². The maximum absolute atomic E-state index is 5.84. The topological polar surface area (TPSA) is 59.9 Å². The lowest BCUT2D eigenvalue weighted by molar-refractivity contribution is 0.414. The molecular formula is C12H12Cl2N4O.